The van der Waals surface area contributed by atoms with Crippen molar-refractivity contribution in [3.63, 3.8) is 0 Å². The van der Waals surface area contributed by atoms with Gasteiger partial charge in [0.05, 0.1) is 0 Å². The highest BCUT2D eigenvalue weighted by molar-refractivity contribution is 5.78. The molecular formula is C8H19NO. The second-order valence-electron chi connectivity index (χ2n) is 2.97. The largest absolute Gasteiger partial charge is 0.353 e. The lowest BCUT2D eigenvalue weighted by Crippen LogP contribution is -2.34. The molecule has 0 aliphatic carbocycles. The molecule has 0 unspecified atom stereocenters. The predicted molar refractivity (Wildman–Crippen MR) is 44.8 cm³/mol. The van der Waals surface area contributed by atoms with Crippen LogP contribution in [0, 0.1) is 5.92 Å². The Bertz CT molecular complexity index is 115. The van der Waals surface area contributed by atoms with E-state index in [1.807, 2.05) is 20.8 Å². The third-order valence-corrected chi connectivity index (χ3v) is 1.53. The zero-order chi connectivity index (χ0) is 8.15. The van der Waals surface area contributed by atoms with Gasteiger partial charge in [-0.05, 0) is 13.3 Å². The summed E-state index contributed by atoms with van der Waals surface area (Å²) in [7, 11) is 0. The van der Waals surface area contributed by atoms with Gasteiger partial charge in [-0.25, -0.2) is 0 Å². The molecule has 0 saturated carbocycles. The highest BCUT2D eigenvalue weighted by atomic mass is 16.1. The summed E-state index contributed by atoms with van der Waals surface area (Å²) in [5, 5.41) is 2.89. The van der Waals surface area contributed by atoms with Gasteiger partial charge in [-0.15, -0.1) is 0 Å². The number of carbonyl (C=O) groups is 1. The van der Waals surface area contributed by atoms with Crippen LogP contribution >= 0.6 is 0 Å². The fourth-order valence-electron chi connectivity index (χ4n) is 0.512. The maximum Gasteiger partial charge on any atom is 0.222 e. The molecule has 0 aromatic carbocycles. The van der Waals surface area contributed by atoms with Gasteiger partial charge in [0.15, 0.2) is 0 Å². The monoisotopic (exact) mass is 145 g/mol. The van der Waals surface area contributed by atoms with E-state index in [0.29, 0.717) is 6.04 Å². The van der Waals surface area contributed by atoms with Gasteiger partial charge < -0.3 is 5.32 Å². The molecule has 0 aliphatic heterocycles. The first-order chi connectivity index (χ1) is 4.57. The van der Waals surface area contributed by atoms with Crippen LogP contribution in [-0.4, -0.2) is 11.9 Å². The average molecular weight is 145 g/mol. The molecule has 1 N–H and O–H groups in total. The molecule has 2 nitrogen and oxygen atoms in total. The zero-order valence-electron chi connectivity index (χ0n) is 7.27. The first-order valence-electron chi connectivity index (χ1n) is 3.88. The summed E-state index contributed by atoms with van der Waals surface area (Å²) >= 11 is 0. The van der Waals surface area contributed by atoms with Gasteiger partial charge in [-0.1, -0.05) is 20.8 Å². The molecule has 0 aliphatic rings. The molecule has 2 heteroatoms. The Morgan fingerprint density at radius 2 is 2.00 bits per heavy atom. The molecule has 10 heavy (non-hydrogen) atoms. The van der Waals surface area contributed by atoms with E-state index in [0.717, 1.165) is 6.42 Å². The molecule has 0 spiro atoms. The summed E-state index contributed by atoms with van der Waals surface area (Å²) in [5.41, 5.74) is 0. The molecule has 1 atom stereocenters. The van der Waals surface area contributed by atoms with Crippen molar-refractivity contribution in [3.8, 4) is 0 Å². The Kier molecular flexibility index (Phi) is 4.08. The first kappa shape index (κ1) is 9.47. The van der Waals surface area contributed by atoms with Crippen molar-refractivity contribution >= 4 is 5.91 Å². The van der Waals surface area contributed by atoms with Gasteiger partial charge in [0.25, 0.3) is 0 Å². The Morgan fingerprint density at radius 3 is 2.30 bits per heavy atom. The average Bonchev–Trinajstić information content (AvgIpc) is 1.87. The third-order valence-electron chi connectivity index (χ3n) is 1.53. The molecule has 0 radical (unpaired) electrons. The van der Waals surface area contributed by atoms with Gasteiger partial charge in [-0.2, -0.15) is 0 Å². The number of amides is 1. The van der Waals surface area contributed by atoms with Crippen LogP contribution in [0.2, 0.25) is 0 Å². The normalized spacial score (nSPS) is 13.3. The summed E-state index contributed by atoms with van der Waals surface area (Å²) in [6, 6.07) is 0.315. The van der Waals surface area contributed by atoms with Crippen LogP contribution in [0.1, 0.15) is 35.5 Å². The number of hydrogen-bond acceptors (Lipinski definition) is 1. The fourth-order valence-corrected chi connectivity index (χ4v) is 0.512. The fraction of sp³-hybridized carbons (Fsp3) is 0.875. The van der Waals surface area contributed by atoms with Crippen molar-refractivity contribution in [1.29, 1.82) is 0 Å². The molecule has 0 aromatic heterocycles. The summed E-state index contributed by atoms with van der Waals surface area (Å²) in [6.07, 6.45) is 0.998. The zero-order valence-corrected chi connectivity index (χ0v) is 7.27. The molecule has 0 saturated heterocycles. The lowest BCUT2D eigenvalue weighted by molar-refractivity contribution is -0.124. The standard InChI is InChI=1S/C8H17NO.H2/c1-5-7(4)9-8(10)6(2)3;/h6-7H,5H2,1-4H3,(H,9,10);1H/t7-;/m1./s1. The number of carbonyl (C=O) groups excluding carboxylic acids is 1. The first-order valence-corrected chi connectivity index (χ1v) is 3.88. The van der Waals surface area contributed by atoms with Crippen molar-refractivity contribution < 1.29 is 6.22 Å². The second kappa shape index (κ2) is 4.31. The van der Waals surface area contributed by atoms with E-state index in [1.54, 1.807) is 0 Å². The molecule has 0 fully saturated rings. The second-order valence-corrected chi connectivity index (χ2v) is 2.97. The Labute approximate surface area is 64.5 Å². The maximum atomic E-state index is 11.0. The Morgan fingerprint density at radius 1 is 1.50 bits per heavy atom. The van der Waals surface area contributed by atoms with Gasteiger partial charge in [0.2, 0.25) is 5.91 Å². The van der Waals surface area contributed by atoms with E-state index in [2.05, 4.69) is 12.2 Å². The van der Waals surface area contributed by atoms with Crippen LogP contribution < -0.4 is 5.32 Å². The molecule has 0 bridgehead atoms. The molecular weight excluding hydrogens is 126 g/mol. The Balaban J connectivity index is 0. The minimum absolute atomic E-state index is 0. The molecule has 0 rings (SSSR count). The summed E-state index contributed by atoms with van der Waals surface area (Å²) < 4.78 is 0. The predicted octanol–water partition coefficient (Wildman–Crippen LogP) is 1.80. The van der Waals surface area contributed by atoms with E-state index in [4.69, 9.17) is 0 Å². The van der Waals surface area contributed by atoms with Crippen molar-refractivity contribution in [3.05, 3.63) is 0 Å². The van der Waals surface area contributed by atoms with Crippen LogP contribution in [0.5, 0.6) is 0 Å². The van der Waals surface area contributed by atoms with Gasteiger partial charge in [0.1, 0.15) is 0 Å². The SMILES string of the molecule is CC[C@@H](C)NC(=O)C(C)C.[HH]. The van der Waals surface area contributed by atoms with Crippen molar-refractivity contribution in [2.75, 3.05) is 0 Å². The quantitative estimate of drug-likeness (QED) is 0.644. The van der Waals surface area contributed by atoms with Gasteiger partial charge in [-0.3, -0.25) is 4.79 Å². The van der Waals surface area contributed by atoms with Crippen LogP contribution in [0.25, 0.3) is 0 Å². The summed E-state index contributed by atoms with van der Waals surface area (Å²) in [6.45, 7) is 7.88. The molecule has 1 amide bonds. The van der Waals surface area contributed by atoms with Crippen LogP contribution in [0.4, 0.5) is 0 Å². The summed E-state index contributed by atoms with van der Waals surface area (Å²) in [4.78, 5) is 11.0. The maximum absolute atomic E-state index is 11.0. The molecule has 0 heterocycles. The highest BCUT2D eigenvalue weighted by Gasteiger charge is 2.08. The van der Waals surface area contributed by atoms with Crippen molar-refractivity contribution in [1.82, 2.24) is 5.32 Å². The molecule has 62 valence electrons. The number of nitrogens with one attached hydrogen (secondary N) is 1. The van der Waals surface area contributed by atoms with Gasteiger partial charge >= 0.3 is 0 Å². The van der Waals surface area contributed by atoms with Crippen LogP contribution in [-0.2, 0) is 4.79 Å². The van der Waals surface area contributed by atoms with Crippen LogP contribution in [0.15, 0.2) is 0 Å². The van der Waals surface area contributed by atoms with E-state index in [-0.39, 0.29) is 13.3 Å². The lowest BCUT2D eigenvalue weighted by Gasteiger charge is -2.12. The lowest BCUT2D eigenvalue weighted by atomic mass is 10.2. The van der Waals surface area contributed by atoms with E-state index in [1.165, 1.54) is 0 Å². The third kappa shape index (κ3) is 3.49. The number of rotatable bonds is 3. The summed E-state index contributed by atoms with van der Waals surface area (Å²) in [5.74, 6) is 0.253. The van der Waals surface area contributed by atoms with Crippen molar-refractivity contribution in [2.45, 2.75) is 40.2 Å². The minimum atomic E-state index is 0. The minimum Gasteiger partial charge on any atom is -0.353 e. The molecule has 0 aromatic rings. The Hall–Kier alpha value is -0.530. The van der Waals surface area contributed by atoms with Gasteiger partial charge in [0, 0.05) is 13.4 Å². The number of hydrogen-bond donors (Lipinski definition) is 1. The van der Waals surface area contributed by atoms with E-state index in [9.17, 15) is 4.79 Å². The van der Waals surface area contributed by atoms with Crippen LogP contribution in [0.3, 0.4) is 0 Å². The van der Waals surface area contributed by atoms with E-state index < -0.39 is 0 Å². The highest BCUT2D eigenvalue weighted by Crippen LogP contribution is 1.94. The smallest absolute Gasteiger partial charge is 0.222 e. The topological polar surface area (TPSA) is 29.1 Å². The van der Waals surface area contributed by atoms with E-state index >= 15 is 0 Å². The van der Waals surface area contributed by atoms with Crippen molar-refractivity contribution in [2.24, 2.45) is 5.92 Å².